The summed E-state index contributed by atoms with van der Waals surface area (Å²) in [6.07, 6.45) is 7.04. The number of nitrogens with one attached hydrogen (secondary N) is 1. The maximum absolute atomic E-state index is 12.7. The van der Waals surface area contributed by atoms with Crippen LogP contribution in [0.2, 0.25) is 0 Å². The van der Waals surface area contributed by atoms with E-state index in [0.29, 0.717) is 17.1 Å². The van der Waals surface area contributed by atoms with Gasteiger partial charge in [-0.05, 0) is 36.4 Å². The van der Waals surface area contributed by atoms with Crippen molar-refractivity contribution in [2.45, 2.75) is 0 Å². The lowest BCUT2D eigenvalue weighted by Crippen LogP contribution is -1.97. The van der Waals surface area contributed by atoms with Gasteiger partial charge in [-0.3, -0.25) is 9.78 Å². The quantitative estimate of drug-likeness (QED) is 0.506. The van der Waals surface area contributed by atoms with Gasteiger partial charge in [0, 0.05) is 46.7 Å². The molecule has 2 aromatic carbocycles. The molecule has 0 saturated carbocycles. The Morgan fingerprint density at radius 2 is 2.07 bits per heavy atom. The maximum atomic E-state index is 12.7. The average molecular weight is 384 g/mol. The van der Waals surface area contributed by atoms with E-state index in [1.54, 1.807) is 31.6 Å². The van der Waals surface area contributed by atoms with Crippen LogP contribution < -0.4 is 9.47 Å². The molecule has 0 saturated heterocycles. The molecule has 0 unspecified atom stereocenters. The van der Waals surface area contributed by atoms with Crippen LogP contribution in [0.1, 0.15) is 15.9 Å². The van der Waals surface area contributed by atoms with E-state index in [1.807, 2.05) is 30.5 Å². The van der Waals surface area contributed by atoms with Crippen LogP contribution in [0.5, 0.6) is 17.2 Å². The minimum Gasteiger partial charge on any atom is -0.508 e. The predicted octanol–water partition coefficient (Wildman–Crippen LogP) is 4.56. The smallest absolute Gasteiger partial charge is 0.231 e. The van der Waals surface area contributed by atoms with Gasteiger partial charge in [0.05, 0.1) is 18.2 Å². The zero-order valence-electron chi connectivity index (χ0n) is 15.5. The van der Waals surface area contributed by atoms with Gasteiger partial charge in [-0.1, -0.05) is 6.07 Å². The molecule has 3 heterocycles. The summed E-state index contributed by atoms with van der Waals surface area (Å²) >= 11 is 0. The average Bonchev–Trinajstić information content (AvgIpc) is 3.29. The molecule has 0 radical (unpaired) electrons. The van der Waals surface area contributed by atoms with Crippen LogP contribution in [-0.2, 0) is 0 Å². The SMILES string of the molecule is COc1cc(-c2cccnc2)c2[nH]cc(C=C3Oc4cc(O)ccc4C3=O)c2c1. The van der Waals surface area contributed by atoms with Gasteiger partial charge in [0.25, 0.3) is 0 Å². The van der Waals surface area contributed by atoms with E-state index < -0.39 is 0 Å². The van der Waals surface area contributed by atoms with Crippen molar-refractivity contribution < 1.29 is 19.4 Å². The molecule has 0 fully saturated rings. The van der Waals surface area contributed by atoms with E-state index in [9.17, 15) is 9.90 Å². The first-order valence-corrected chi connectivity index (χ1v) is 9.01. The third-order valence-corrected chi connectivity index (χ3v) is 4.94. The number of hydrogen-bond donors (Lipinski definition) is 2. The van der Waals surface area contributed by atoms with Crippen molar-refractivity contribution in [2.75, 3.05) is 7.11 Å². The van der Waals surface area contributed by atoms with E-state index in [2.05, 4.69) is 9.97 Å². The second-order valence-electron chi connectivity index (χ2n) is 6.70. The molecule has 1 aliphatic heterocycles. The van der Waals surface area contributed by atoms with Crippen LogP contribution in [0.3, 0.4) is 0 Å². The molecule has 5 rings (SSSR count). The molecule has 0 aliphatic carbocycles. The number of allylic oxidation sites excluding steroid dienone is 1. The summed E-state index contributed by atoms with van der Waals surface area (Å²) in [6.45, 7) is 0. The highest BCUT2D eigenvalue weighted by Crippen LogP contribution is 2.37. The summed E-state index contributed by atoms with van der Waals surface area (Å²) in [5.74, 6) is 1.09. The number of phenols is 1. The lowest BCUT2D eigenvalue weighted by molar-refractivity contribution is 0.101. The summed E-state index contributed by atoms with van der Waals surface area (Å²) in [6, 6.07) is 12.2. The van der Waals surface area contributed by atoms with Crippen molar-refractivity contribution in [1.82, 2.24) is 9.97 Å². The maximum Gasteiger partial charge on any atom is 0.231 e. The number of phenolic OH excluding ortho intramolecular Hbond substituents is 1. The van der Waals surface area contributed by atoms with Crippen LogP contribution in [0.25, 0.3) is 28.1 Å². The van der Waals surface area contributed by atoms with Crippen molar-refractivity contribution in [3.05, 3.63) is 77.9 Å². The highest BCUT2D eigenvalue weighted by Gasteiger charge is 2.28. The van der Waals surface area contributed by atoms with Crippen molar-refractivity contribution in [2.24, 2.45) is 0 Å². The van der Waals surface area contributed by atoms with Gasteiger partial charge >= 0.3 is 0 Å². The molecule has 142 valence electrons. The monoisotopic (exact) mass is 384 g/mol. The Morgan fingerprint density at radius 3 is 2.86 bits per heavy atom. The topological polar surface area (TPSA) is 84.4 Å². The number of carbonyl (C=O) groups excluding carboxylic acids is 1. The molecule has 1 aliphatic rings. The molecule has 0 bridgehead atoms. The highest BCUT2D eigenvalue weighted by atomic mass is 16.5. The van der Waals surface area contributed by atoms with Crippen LogP contribution in [0, 0.1) is 0 Å². The van der Waals surface area contributed by atoms with Gasteiger partial charge in [-0.15, -0.1) is 0 Å². The number of rotatable bonds is 3. The summed E-state index contributed by atoms with van der Waals surface area (Å²) in [7, 11) is 1.62. The third-order valence-electron chi connectivity index (χ3n) is 4.94. The van der Waals surface area contributed by atoms with Gasteiger partial charge in [0.1, 0.15) is 17.2 Å². The highest BCUT2D eigenvalue weighted by molar-refractivity contribution is 6.15. The first kappa shape index (κ1) is 17.1. The molecule has 0 amide bonds. The number of carbonyl (C=O) groups is 1. The van der Waals surface area contributed by atoms with Crippen molar-refractivity contribution >= 4 is 22.8 Å². The molecular weight excluding hydrogens is 368 g/mol. The second-order valence-corrected chi connectivity index (χ2v) is 6.70. The van der Waals surface area contributed by atoms with Crippen molar-refractivity contribution in [1.29, 1.82) is 0 Å². The largest absolute Gasteiger partial charge is 0.508 e. The number of pyridine rings is 1. The minimum atomic E-state index is -0.218. The lowest BCUT2D eigenvalue weighted by atomic mass is 10.0. The Morgan fingerprint density at radius 1 is 1.17 bits per heavy atom. The summed E-state index contributed by atoms with van der Waals surface area (Å²) in [4.78, 5) is 20.2. The van der Waals surface area contributed by atoms with Gasteiger partial charge in [0.2, 0.25) is 5.78 Å². The fourth-order valence-corrected chi connectivity index (χ4v) is 3.53. The summed E-state index contributed by atoms with van der Waals surface area (Å²) < 4.78 is 11.2. The number of ketones is 1. The fourth-order valence-electron chi connectivity index (χ4n) is 3.53. The van der Waals surface area contributed by atoms with E-state index in [4.69, 9.17) is 9.47 Å². The van der Waals surface area contributed by atoms with Crippen LogP contribution in [0.4, 0.5) is 0 Å². The fraction of sp³-hybridized carbons (Fsp3) is 0.0435. The molecule has 2 N–H and O–H groups in total. The van der Waals surface area contributed by atoms with Gasteiger partial charge in [-0.2, -0.15) is 0 Å². The first-order chi connectivity index (χ1) is 14.1. The number of benzene rings is 2. The van der Waals surface area contributed by atoms with Gasteiger partial charge in [-0.25, -0.2) is 0 Å². The molecular formula is C23H16N2O4. The van der Waals surface area contributed by atoms with E-state index in [1.165, 1.54) is 12.1 Å². The Bertz CT molecular complexity index is 1290. The number of aromatic hydroxyl groups is 1. The van der Waals surface area contributed by atoms with E-state index in [-0.39, 0.29) is 17.3 Å². The lowest BCUT2D eigenvalue weighted by Gasteiger charge is -2.07. The number of Topliss-reactive ketones (excluding diaryl/α,β-unsaturated/α-hetero) is 1. The van der Waals surface area contributed by atoms with E-state index >= 15 is 0 Å². The number of aromatic nitrogens is 2. The molecule has 0 atom stereocenters. The standard InChI is InChI=1S/C23H16N2O4/c1-28-16-9-18(13-3-2-6-24-11-13)22-19(10-16)14(12-25-22)7-21-23(27)17-5-4-15(26)8-20(17)29-21/h2-12,25-26H,1H3. The second kappa shape index (κ2) is 6.53. The molecule has 6 nitrogen and oxygen atoms in total. The van der Waals surface area contributed by atoms with Crippen LogP contribution in [-0.4, -0.2) is 28.0 Å². The Hall–Kier alpha value is -4.06. The molecule has 29 heavy (non-hydrogen) atoms. The summed E-state index contributed by atoms with van der Waals surface area (Å²) in [5, 5.41) is 10.5. The third kappa shape index (κ3) is 2.82. The zero-order valence-corrected chi connectivity index (χ0v) is 15.5. The van der Waals surface area contributed by atoms with Crippen LogP contribution in [0.15, 0.2) is 66.8 Å². The van der Waals surface area contributed by atoms with Gasteiger partial charge < -0.3 is 19.6 Å². The minimum absolute atomic E-state index is 0.0516. The Kier molecular flexibility index (Phi) is 3.84. The Balaban J connectivity index is 1.64. The number of methoxy groups -OCH3 is 1. The number of nitrogens with zero attached hydrogens (tertiary/aromatic N) is 1. The number of H-pyrrole nitrogens is 1. The number of ether oxygens (including phenoxy) is 2. The number of fused-ring (bicyclic) bond motifs is 2. The normalized spacial score (nSPS) is 14.2. The zero-order chi connectivity index (χ0) is 20.0. The molecule has 4 aromatic rings. The molecule has 6 heteroatoms. The van der Waals surface area contributed by atoms with Gasteiger partial charge in [0.15, 0.2) is 5.76 Å². The van der Waals surface area contributed by atoms with Crippen LogP contribution >= 0.6 is 0 Å². The summed E-state index contributed by atoms with van der Waals surface area (Å²) in [5.41, 5.74) is 4.04. The molecule has 2 aromatic heterocycles. The van der Waals surface area contributed by atoms with E-state index in [0.717, 1.165) is 27.6 Å². The Labute approximate surface area is 166 Å². The molecule has 0 spiro atoms. The van der Waals surface area contributed by atoms with Crippen molar-refractivity contribution in [3.63, 3.8) is 0 Å². The first-order valence-electron chi connectivity index (χ1n) is 9.01. The number of hydrogen-bond acceptors (Lipinski definition) is 5. The number of aromatic amines is 1. The van der Waals surface area contributed by atoms with Crippen molar-refractivity contribution in [3.8, 4) is 28.4 Å². The predicted molar refractivity (Wildman–Crippen MR) is 109 cm³/mol.